The molecule has 1 fully saturated rings. The molecular weight excluding hydrogens is 282 g/mol. The molecule has 1 aromatic carbocycles. The van der Waals surface area contributed by atoms with Gasteiger partial charge in [0.25, 0.3) is 0 Å². The molecule has 4 rings (SSSR count). The number of ether oxygens (including phenoxy) is 1. The van der Waals surface area contributed by atoms with Gasteiger partial charge in [0.15, 0.2) is 0 Å². The van der Waals surface area contributed by atoms with Gasteiger partial charge in [-0.1, -0.05) is 29.7 Å². The fourth-order valence-electron chi connectivity index (χ4n) is 4.05. The average molecular weight is 307 g/mol. The molecule has 120 valence electrons. The second-order valence-electron chi connectivity index (χ2n) is 7.05. The van der Waals surface area contributed by atoms with Crippen molar-refractivity contribution < 1.29 is 4.74 Å². The SMILES string of the molecule is Cc1ccc2ncc3c(c2c1)C(CC=C1CCCCC1)CCO3. The smallest absolute Gasteiger partial charge is 0.141 e. The minimum Gasteiger partial charge on any atom is -0.492 e. The van der Waals surface area contributed by atoms with Crippen LogP contribution in [0.5, 0.6) is 5.75 Å². The van der Waals surface area contributed by atoms with Crippen molar-refractivity contribution >= 4 is 10.9 Å². The van der Waals surface area contributed by atoms with E-state index in [1.807, 2.05) is 6.20 Å². The predicted molar refractivity (Wildman–Crippen MR) is 95.1 cm³/mol. The van der Waals surface area contributed by atoms with E-state index in [0.29, 0.717) is 5.92 Å². The van der Waals surface area contributed by atoms with Crippen LogP contribution in [0.4, 0.5) is 0 Å². The van der Waals surface area contributed by atoms with Gasteiger partial charge in [0.1, 0.15) is 5.75 Å². The summed E-state index contributed by atoms with van der Waals surface area (Å²) in [5.74, 6) is 1.57. The van der Waals surface area contributed by atoms with Crippen LogP contribution < -0.4 is 4.74 Å². The normalized spacial score (nSPS) is 20.9. The third kappa shape index (κ3) is 2.99. The minimum absolute atomic E-state index is 0.570. The standard InChI is InChI=1S/C21H25NO/c1-15-7-10-19-18(13-15)21-17(11-12-23-20(21)14-22-19)9-8-16-5-3-2-4-6-16/h7-8,10,13-14,17H,2-6,9,11-12H2,1H3. The number of nitrogens with zero attached hydrogens (tertiary/aromatic N) is 1. The van der Waals surface area contributed by atoms with Crippen LogP contribution in [-0.2, 0) is 0 Å². The highest BCUT2D eigenvalue weighted by Crippen LogP contribution is 2.40. The largest absolute Gasteiger partial charge is 0.492 e. The molecule has 0 N–H and O–H groups in total. The number of aromatic nitrogens is 1. The zero-order valence-corrected chi connectivity index (χ0v) is 14.0. The van der Waals surface area contributed by atoms with Gasteiger partial charge in [0.2, 0.25) is 0 Å². The van der Waals surface area contributed by atoms with Crippen molar-refractivity contribution in [1.82, 2.24) is 4.98 Å². The molecular formula is C21H25NO. The molecule has 1 atom stereocenters. The molecule has 0 saturated heterocycles. The van der Waals surface area contributed by atoms with E-state index in [9.17, 15) is 0 Å². The van der Waals surface area contributed by atoms with Gasteiger partial charge in [-0.15, -0.1) is 0 Å². The Morgan fingerprint density at radius 2 is 2.09 bits per heavy atom. The number of aryl methyl sites for hydroxylation is 1. The van der Waals surface area contributed by atoms with Crippen LogP contribution in [-0.4, -0.2) is 11.6 Å². The van der Waals surface area contributed by atoms with E-state index in [2.05, 4.69) is 36.2 Å². The lowest BCUT2D eigenvalue weighted by Gasteiger charge is -2.27. The molecule has 23 heavy (non-hydrogen) atoms. The second kappa shape index (κ2) is 6.35. The second-order valence-corrected chi connectivity index (χ2v) is 7.05. The third-order valence-electron chi connectivity index (χ3n) is 5.35. The maximum Gasteiger partial charge on any atom is 0.141 e. The third-order valence-corrected chi connectivity index (χ3v) is 5.35. The Bertz CT molecular complexity index is 739. The van der Waals surface area contributed by atoms with Crippen LogP contribution >= 0.6 is 0 Å². The molecule has 1 saturated carbocycles. The summed E-state index contributed by atoms with van der Waals surface area (Å²) < 4.78 is 5.91. The Morgan fingerprint density at radius 3 is 2.96 bits per heavy atom. The van der Waals surface area contributed by atoms with Crippen molar-refractivity contribution in [3.8, 4) is 5.75 Å². The van der Waals surface area contributed by atoms with E-state index in [0.717, 1.165) is 30.7 Å². The first-order chi connectivity index (χ1) is 11.3. The van der Waals surface area contributed by atoms with Crippen molar-refractivity contribution in [3.05, 3.63) is 47.2 Å². The molecule has 2 aromatic rings. The molecule has 1 aromatic heterocycles. The van der Waals surface area contributed by atoms with E-state index >= 15 is 0 Å². The molecule has 0 bridgehead atoms. The van der Waals surface area contributed by atoms with Crippen LogP contribution in [0.2, 0.25) is 0 Å². The summed E-state index contributed by atoms with van der Waals surface area (Å²) in [5, 5.41) is 1.29. The Labute approximate surface area is 138 Å². The van der Waals surface area contributed by atoms with Gasteiger partial charge in [-0.3, -0.25) is 4.98 Å². The minimum atomic E-state index is 0.570. The van der Waals surface area contributed by atoms with Gasteiger partial charge in [0, 0.05) is 10.9 Å². The fourth-order valence-corrected chi connectivity index (χ4v) is 4.05. The van der Waals surface area contributed by atoms with Crippen molar-refractivity contribution in [2.45, 2.75) is 57.8 Å². The molecule has 0 amide bonds. The molecule has 1 aliphatic heterocycles. The number of hydrogen-bond acceptors (Lipinski definition) is 2. The van der Waals surface area contributed by atoms with Crippen molar-refractivity contribution in [2.24, 2.45) is 0 Å². The van der Waals surface area contributed by atoms with Gasteiger partial charge in [-0.25, -0.2) is 0 Å². The lowest BCUT2D eigenvalue weighted by molar-refractivity contribution is 0.268. The summed E-state index contributed by atoms with van der Waals surface area (Å²) in [6.07, 6.45) is 13.5. The Kier molecular flexibility index (Phi) is 4.07. The Balaban J connectivity index is 1.70. The van der Waals surface area contributed by atoms with E-state index in [-0.39, 0.29) is 0 Å². The van der Waals surface area contributed by atoms with Gasteiger partial charge >= 0.3 is 0 Å². The number of rotatable bonds is 2. The summed E-state index contributed by atoms with van der Waals surface area (Å²) in [4.78, 5) is 4.58. The Morgan fingerprint density at radius 1 is 1.22 bits per heavy atom. The number of benzene rings is 1. The molecule has 1 unspecified atom stereocenters. The summed E-state index contributed by atoms with van der Waals surface area (Å²) in [7, 11) is 0. The maximum atomic E-state index is 5.91. The van der Waals surface area contributed by atoms with Crippen molar-refractivity contribution in [1.29, 1.82) is 0 Å². The molecule has 2 heterocycles. The number of hydrogen-bond donors (Lipinski definition) is 0. The van der Waals surface area contributed by atoms with Crippen LogP contribution in [0.15, 0.2) is 36.0 Å². The molecule has 2 aliphatic rings. The van der Waals surface area contributed by atoms with Crippen LogP contribution in [0.25, 0.3) is 10.9 Å². The quantitative estimate of drug-likeness (QED) is 0.665. The fraction of sp³-hybridized carbons (Fsp3) is 0.476. The average Bonchev–Trinajstić information content (AvgIpc) is 2.60. The summed E-state index contributed by atoms with van der Waals surface area (Å²) >= 11 is 0. The molecule has 2 nitrogen and oxygen atoms in total. The van der Waals surface area contributed by atoms with E-state index in [1.165, 1.54) is 48.6 Å². The summed E-state index contributed by atoms with van der Waals surface area (Å²) in [5.41, 5.74) is 5.45. The highest BCUT2D eigenvalue weighted by atomic mass is 16.5. The first kappa shape index (κ1) is 14.7. The van der Waals surface area contributed by atoms with Crippen LogP contribution in [0.3, 0.4) is 0 Å². The molecule has 2 heteroatoms. The summed E-state index contributed by atoms with van der Waals surface area (Å²) in [6.45, 7) is 2.97. The van der Waals surface area contributed by atoms with Crippen molar-refractivity contribution in [2.75, 3.05) is 6.61 Å². The lowest BCUT2D eigenvalue weighted by atomic mass is 9.85. The lowest BCUT2D eigenvalue weighted by Crippen LogP contribution is -2.15. The number of pyridine rings is 1. The van der Waals surface area contributed by atoms with Crippen LogP contribution in [0, 0.1) is 6.92 Å². The topological polar surface area (TPSA) is 22.1 Å². The molecule has 0 spiro atoms. The molecule has 0 radical (unpaired) electrons. The van der Waals surface area contributed by atoms with Crippen LogP contribution in [0.1, 0.15) is 62.0 Å². The van der Waals surface area contributed by atoms with Gasteiger partial charge in [-0.05, 0) is 63.5 Å². The van der Waals surface area contributed by atoms with E-state index < -0.39 is 0 Å². The number of fused-ring (bicyclic) bond motifs is 3. The number of allylic oxidation sites excluding steroid dienone is 2. The molecule has 1 aliphatic carbocycles. The van der Waals surface area contributed by atoms with Gasteiger partial charge in [-0.2, -0.15) is 0 Å². The highest BCUT2D eigenvalue weighted by Gasteiger charge is 2.24. The predicted octanol–water partition coefficient (Wildman–Crippen LogP) is 5.69. The highest BCUT2D eigenvalue weighted by molar-refractivity contribution is 5.85. The summed E-state index contributed by atoms with van der Waals surface area (Å²) in [6, 6.07) is 6.55. The van der Waals surface area contributed by atoms with E-state index in [4.69, 9.17) is 4.74 Å². The van der Waals surface area contributed by atoms with Gasteiger partial charge < -0.3 is 4.74 Å². The first-order valence-electron chi connectivity index (χ1n) is 9.01. The monoisotopic (exact) mass is 307 g/mol. The zero-order valence-electron chi connectivity index (χ0n) is 14.0. The zero-order chi connectivity index (χ0) is 15.6. The van der Waals surface area contributed by atoms with E-state index in [1.54, 1.807) is 5.57 Å². The Hall–Kier alpha value is -1.83. The first-order valence-corrected chi connectivity index (χ1v) is 9.01. The van der Waals surface area contributed by atoms with Gasteiger partial charge in [0.05, 0.1) is 18.3 Å². The van der Waals surface area contributed by atoms with Crippen molar-refractivity contribution in [3.63, 3.8) is 0 Å². The maximum absolute atomic E-state index is 5.91.